The quantitative estimate of drug-likeness (QED) is 0.508. The summed E-state index contributed by atoms with van der Waals surface area (Å²) in [5.74, 6) is -0.178. The summed E-state index contributed by atoms with van der Waals surface area (Å²) in [4.78, 5) is 24.9. The molecule has 142 valence electrons. The second-order valence-electron chi connectivity index (χ2n) is 6.70. The third-order valence-corrected chi connectivity index (χ3v) is 4.39. The molecule has 0 aliphatic carbocycles. The topological polar surface area (TPSA) is 75.5 Å². The lowest BCUT2D eigenvalue weighted by atomic mass is 10.0. The minimum Gasteiger partial charge on any atom is -0.378 e. The van der Waals surface area contributed by atoms with Crippen molar-refractivity contribution in [3.63, 3.8) is 0 Å². The average molecular weight is 375 g/mol. The van der Waals surface area contributed by atoms with Crippen LogP contribution in [0.3, 0.4) is 0 Å². The number of hydrogen-bond donors (Lipinski definition) is 1. The van der Waals surface area contributed by atoms with Gasteiger partial charge in [0, 0.05) is 43.2 Å². The average Bonchev–Trinajstić information content (AvgIpc) is 2.69. The summed E-state index contributed by atoms with van der Waals surface area (Å²) in [5.41, 5.74) is 4.33. The predicted octanol–water partition coefficient (Wildman–Crippen LogP) is 4.50. The molecule has 3 aromatic carbocycles. The largest absolute Gasteiger partial charge is 0.378 e. The SMILES string of the molecule is CN(C)c1ccc(NC(=O)c2cccc(Cc3ccc([N+](=O)[O-])cc3)c2)cc1. The lowest BCUT2D eigenvalue weighted by Crippen LogP contribution is -2.13. The fourth-order valence-corrected chi connectivity index (χ4v) is 2.84. The van der Waals surface area contributed by atoms with Crippen LogP contribution in [0.15, 0.2) is 72.8 Å². The van der Waals surface area contributed by atoms with Crippen molar-refractivity contribution >= 4 is 23.0 Å². The Hall–Kier alpha value is -3.67. The smallest absolute Gasteiger partial charge is 0.269 e. The van der Waals surface area contributed by atoms with Gasteiger partial charge in [0.1, 0.15) is 0 Å². The third kappa shape index (κ3) is 4.73. The Morgan fingerprint density at radius 3 is 2.25 bits per heavy atom. The Labute approximate surface area is 163 Å². The summed E-state index contributed by atoms with van der Waals surface area (Å²) in [5, 5.41) is 13.7. The molecule has 0 bridgehead atoms. The first-order chi connectivity index (χ1) is 13.4. The number of nitro groups is 1. The van der Waals surface area contributed by atoms with Gasteiger partial charge in [-0.2, -0.15) is 0 Å². The lowest BCUT2D eigenvalue weighted by molar-refractivity contribution is -0.384. The second kappa shape index (κ2) is 8.35. The molecule has 1 amide bonds. The van der Waals surface area contributed by atoms with Gasteiger partial charge >= 0.3 is 0 Å². The molecule has 0 aliphatic rings. The Morgan fingerprint density at radius 2 is 1.64 bits per heavy atom. The highest BCUT2D eigenvalue weighted by Crippen LogP contribution is 2.18. The van der Waals surface area contributed by atoms with Gasteiger partial charge < -0.3 is 10.2 Å². The summed E-state index contributed by atoms with van der Waals surface area (Å²) >= 11 is 0. The molecule has 0 atom stereocenters. The van der Waals surface area contributed by atoms with Crippen LogP contribution in [0.5, 0.6) is 0 Å². The molecule has 3 aromatic rings. The number of amides is 1. The van der Waals surface area contributed by atoms with Gasteiger partial charge in [0.25, 0.3) is 11.6 Å². The molecule has 0 fully saturated rings. The van der Waals surface area contributed by atoms with Crippen LogP contribution in [0, 0.1) is 10.1 Å². The van der Waals surface area contributed by atoms with Crippen molar-refractivity contribution in [1.29, 1.82) is 0 Å². The van der Waals surface area contributed by atoms with Gasteiger partial charge in [-0.1, -0.05) is 24.3 Å². The van der Waals surface area contributed by atoms with E-state index in [0.717, 1.165) is 22.5 Å². The van der Waals surface area contributed by atoms with E-state index >= 15 is 0 Å². The first kappa shape index (κ1) is 19.1. The Bertz CT molecular complexity index is 981. The van der Waals surface area contributed by atoms with Crippen molar-refractivity contribution in [3.05, 3.63) is 99.6 Å². The first-order valence-corrected chi connectivity index (χ1v) is 8.83. The van der Waals surface area contributed by atoms with E-state index in [2.05, 4.69) is 5.32 Å². The fourth-order valence-electron chi connectivity index (χ4n) is 2.84. The summed E-state index contributed by atoms with van der Waals surface area (Å²) < 4.78 is 0. The van der Waals surface area contributed by atoms with E-state index in [4.69, 9.17) is 0 Å². The number of rotatable bonds is 6. The fraction of sp³-hybridized carbons (Fsp3) is 0.136. The van der Waals surface area contributed by atoms with E-state index in [1.54, 1.807) is 18.2 Å². The summed E-state index contributed by atoms with van der Waals surface area (Å²) in [6, 6.07) is 21.5. The number of nitrogens with one attached hydrogen (secondary N) is 1. The molecule has 0 aromatic heterocycles. The molecule has 0 spiro atoms. The van der Waals surface area contributed by atoms with Crippen LogP contribution >= 0.6 is 0 Å². The summed E-state index contributed by atoms with van der Waals surface area (Å²) in [7, 11) is 3.92. The van der Waals surface area contributed by atoms with Crippen molar-refractivity contribution in [1.82, 2.24) is 0 Å². The predicted molar refractivity (Wildman–Crippen MR) is 111 cm³/mol. The van der Waals surface area contributed by atoms with Crippen molar-refractivity contribution < 1.29 is 9.72 Å². The van der Waals surface area contributed by atoms with Crippen LogP contribution in [0.4, 0.5) is 17.1 Å². The van der Waals surface area contributed by atoms with Crippen LogP contribution in [-0.2, 0) is 6.42 Å². The number of anilines is 2. The second-order valence-corrected chi connectivity index (χ2v) is 6.70. The molecule has 0 saturated heterocycles. The number of nitrogens with zero attached hydrogens (tertiary/aromatic N) is 2. The van der Waals surface area contributed by atoms with E-state index in [1.165, 1.54) is 12.1 Å². The monoisotopic (exact) mass is 375 g/mol. The maximum atomic E-state index is 12.6. The number of carbonyl (C=O) groups is 1. The van der Waals surface area contributed by atoms with Crippen molar-refractivity contribution in [2.45, 2.75) is 6.42 Å². The lowest BCUT2D eigenvalue weighted by Gasteiger charge is -2.13. The van der Waals surface area contributed by atoms with Crippen LogP contribution in [0.1, 0.15) is 21.5 Å². The van der Waals surface area contributed by atoms with Crippen LogP contribution in [0.25, 0.3) is 0 Å². The Balaban J connectivity index is 1.69. The molecule has 1 N–H and O–H groups in total. The maximum absolute atomic E-state index is 12.6. The van der Waals surface area contributed by atoms with Gasteiger partial charge in [0.05, 0.1) is 4.92 Å². The molecule has 28 heavy (non-hydrogen) atoms. The van der Waals surface area contributed by atoms with Gasteiger partial charge in [0.2, 0.25) is 0 Å². The number of benzene rings is 3. The highest BCUT2D eigenvalue weighted by atomic mass is 16.6. The van der Waals surface area contributed by atoms with Crippen molar-refractivity contribution in [2.75, 3.05) is 24.3 Å². The molecule has 6 nitrogen and oxygen atoms in total. The molecule has 0 aliphatic heterocycles. The van der Waals surface area contributed by atoms with Gasteiger partial charge in [-0.25, -0.2) is 0 Å². The number of carbonyl (C=O) groups excluding carboxylic acids is 1. The summed E-state index contributed by atoms with van der Waals surface area (Å²) in [6.07, 6.45) is 0.594. The van der Waals surface area contributed by atoms with Crippen molar-refractivity contribution in [3.8, 4) is 0 Å². The Morgan fingerprint density at radius 1 is 0.964 bits per heavy atom. The molecule has 0 saturated carbocycles. The third-order valence-electron chi connectivity index (χ3n) is 4.39. The van der Waals surface area contributed by atoms with E-state index < -0.39 is 4.92 Å². The van der Waals surface area contributed by atoms with Crippen LogP contribution in [0.2, 0.25) is 0 Å². The van der Waals surface area contributed by atoms with Gasteiger partial charge in [-0.15, -0.1) is 0 Å². The van der Waals surface area contributed by atoms with E-state index in [1.807, 2.05) is 61.5 Å². The zero-order valence-electron chi connectivity index (χ0n) is 15.8. The van der Waals surface area contributed by atoms with E-state index in [0.29, 0.717) is 12.0 Å². The van der Waals surface area contributed by atoms with Gasteiger partial charge in [-0.05, 0) is 53.9 Å². The maximum Gasteiger partial charge on any atom is 0.269 e. The summed E-state index contributed by atoms with van der Waals surface area (Å²) in [6.45, 7) is 0. The molecule has 6 heteroatoms. The molecule has 3 rings (SSSR count). The zero-order chi connectivity index (χ0) is 20.1. The minimum atomic E-state index is -0.417. The van der Waals surface area contributed by atoms with E-state index in [9.17, 15) is 14.9 Å². The van der Waals surface area contributed by atoms with Crippen LogP contribution < -0.4 is 10.2 Å². The number of hydrogen-bond acceptors (Lipinski definition) is 4. The van der Waals surface area contributed by atoms with Crippen LogP contribution in [-0.4, -0.2) is 24.9 Å². The number of nitro benzene ring substituents is 1. The molecular formula is C22H21N3O3. The van der Waals surface area contributed by atoms with E-state index in [-0.39, 0.29) is 11.6 Å². The molecule has 0 unspecified atom stereocenters. The minimum absolute atomic E-state index is 0.0668. The Kier molecular flexibility index (Phi) is 5.69. The molecule has 0 radical (unpaired) electrons. The highest BCUT2D eigenvalue weighted by molar-refractivity contribution is 6.04. The number of non-ortho nitro benzene ring substituents is 1. The van der Waals surface area contributed by atoms with Crippen molar-refractivity contribution in [2.24, 2.45) is 0 Å². The molecule has 0 heterocycles. The first-order valence-electron chi connectivity index (χ1n) is 8.83. The van der Waals surface area contributed by atoms with Gasteiger partial charge in [-0.3, -0.25) is 14.9 Å². The normalized spacial score (nSPS) is 10.4. The zero-order valence-corrected chi connectivity index (χ0v) is 15.8. The standard InChI is InChI=1S/C22H21N3O3/c1-24(2)20-12-8-19(9-13-20)23-22(26)18-5-3-4-17(15-18)14-16-6-10-21(11-7-16)25(27)28/h3-13,15H,14H2,1-2H3,(H,23,26). The van der Waals surface area contributed by atoms with Gasteiger partial charge in [0.15, 0.2) is 0 Å². The highest BCUT2D eigenvalue weighted by Gasteiger charge is 2.09. The molecular weight excluding hydrogens is 354 g/mol.